The number of carbonyl (C=O) groups excluding carboxylic acids is 1. The third kappa shape index (κ3) is 5.35. The van der Waals surface area contributed by atoms with Gasteiger partial charge in [-0.05, 0) is 116 Å². The van der Waals surface area contributed by atoms with E-state index >= 15 is 0 Å². The molecule has 0 aliphatic heterocycles. The molecule has 5 saturated carbocycles. The van der Waals surface area contributed by atoms with E-state index in [0.29, 0.717) is 59.6 Å². The van der Waals surface area contributed by atoms with Crippen LogP contribution in [0.15, 0.2) is 23.3 Å². The summed E-state index contributed by atoms with van der Waals surface area (Å²) < 4.78 is 7.44. The molecule has 0 radical (unpaired) electrons. The summed E-state index contributed by atoms with van der Waals surface area (Å²) >= 11 is 0. The molecule has 13 atom stereocenters. The molecule has 2 aromatic rings. The van der Waals surface area contributed by atoms with Crippen molar-refractivity contribution in [2.75, 3.05) is 12.3 Å². The van der Waals surface area contributed by atoms with Crippen LogP contribution >= 0.6 is 0 Å². The molecular weight excluding hydrogens is 598 g/mol. The van der Waals surface area contributed by atoms with Gasteiger partial charge in [0.1, 0.15) is 6.61 Å². The molecule has 6 N–H and O–H groups in total. The number of fused-ring (bicyclic) bond motifs is 6. The Bertz CT molecular complexity index is 1590. The predicted octanol–water partition coefficient (Wildman–Crippen LogP) is 4.13. The molecule has 0 bridgehead atoms. The number of hydrogen-bond donors (Lipinski definition) is 5. The molecule has 0 aromatic carbocycles. The van der Waals surface area contributed by atoms with Gasteiger partial charge >= 0.3 is 5.97 Å². The molecule has 0 spiro atoms. The number of H-pyrrole nitrogens is 1. The molecule has 5 aliphatic rings. The van der Waals surface area contributed by atoms with Crippen molar-refractivity contribution in [3.05, 3.63) is 28.8 Å². The fourth-order valence-electron chi connectivity index (χ4n) is 11.7. The molecule has 258 valence electrons. The zero-order valence-electron chi connectivity index (χ0n) is 28.1. The third-order valence-corrected chi connectivity index (χ3v) is 14.3. The third-order valence-electron chi connectivity index (χ3n) is 14.3. The van der Waals surface area contributed by atoms with Crippen molar-refractivity contribution in [1.82, 2.24) is 19.5 Å². The number of aliphatic hydroxyl groups excluding tert-OH is 3. The Morgan fingerprint density at radius 3 is 2.64 bits per heavy atom. The summed E-state index contributed by atoms with van der Waals surface area (Å²) in [6.45, 7) is 11.5. The molecule has 11 nitrogen and oxygen atoms in total. The first-order chi connectivity index (χ1) is 22.3. The number of aromatic amines is 1. The van der Waals surface area contributed by atoms with E-state index in [1.807, 2.05) is 0 Å². The van der Waals surface area contributed by atoms with Crippen LogP contribution in [0.25, 0.3) is 11.2 Å². The largest absolute Gasteiger partial charge is 0.465 e. The van der Waals surface area contributed by atoms with E-state index in [2.05, 4.69) is 42.3 Å². The smallest absolute Gasteiger partial charge is 0.305 e. The fourth-order valence-corrected chi connectivity index (χ4v) is 11.7. The van der Waals surface area contributed by atoms with Crippen molar-refractivity contribution in [3.63, 3.8) is 0 Å². The first-order valence-electron chi connectivity index (χ1n) is 17.9. The zero-order chi connectivity index (χ0) is 33.4. The van der Waals surface area contributed by atoms with E-state index in [0.717, 1.165) is 51.4 Å². The van der Waals surface area contributed by atoms with Crippen LogP contribution in [-0.2, 0) is 9.53 Å². The minimum absolute atomic E-state index is 0.0112. The number of esters is 1. The van der Waals surface area contributed by atoms with Crippen LogP contribution in [0.2, 0.25) is 0 Å². The van der Waals surface area contributed by atoms with Crippen molar-refractivity contribution in [1.29, 1.82) is 0 Å². The summed E-state index contributed by atoms with van der Waals surface area (Å²) in [4.78, 5) is 36.1. The van der Waals surface area contributed by atoms with E-state index in [-0.39, 0.29) is 53.1 Å². The summed E-state index contributed by atoms with van der Waals surface area (Å²) in [5, 5.41) is 32.8. The van der Waals surface area contributed by atoms with Gasteiger partial charge in [0.25, 0.3) is 5.56 Å². The van der Waals surface area contributed by atoms with Gasteiger partial charge < -0.3 is 30.4 Å². The van der Waals surface area contributed by atoms with Crippen LogP contribution in [-0.4, -0.2) is 65.7 Å². The number of nitrogens with one attached hydrogen (secondary N) is 1. The number of nitrogens with zero attached hydrogens (tertiary/aromatic N) is 3. The Balaban J connectivity index is 0.943. The van der Waals surface area contributed by atoms with Gasteiger partial charge in [-0.15, -0.1) is 0 Å². The van der Waals surface area contributed by atoms with Gasteiger partial charge in [0, 0.05) is 12.3 Å². The number of ether oxygens (including phenoxy) is 1. The highest BCUT2D eigenvalue weighted by atomic mass is 16.5. The first-order valence-corrected chi connectivity index (χ1v) is 17.9. The monoisotopic (exact) mass is 651 g/mol. The van der Waals surface area contributed by atoms with Crippen LogP contribution in [0.4, 0.5) is 5.95 Å². The zero-order valence-corrected chi connectivity index (χ0v) is 28.1. The van der Waals surface area contributed by atoms with Gasteiger partial charge in [0.2, 0.25) is 5.95 Å². The first kappa shape index (κ1) is 32.8. The molecule has 2 aromatic heterocycles. The van der Waals surface area contributed by atoms with Crippen LogP contribution in [0, 0.1) is 52.3 Å². The minimum Gasteiger partial charge on any atom is -0.465 e. The van der Waals surface area contributed by atoms with Crippen LogP contribution in [0.1, 0.15) is 97.4 Å². The standard InChI is InChI=1S/C36H53N5O6/c1-18(23-6-7-24-30-25(10-12-36(23,24)4)35(3)11-9-21(42)13-20(35)14-28(30)44)5-8-29(45)47-16-22-19(2)26(15-27(22)43)41-17-38-31-32(41)39-34(37)40-33(31)46/h17-18,20-28,30,42-44H,2,5-16H2,1,3-4H3,(H3,37,39,40,46)/t18-,20+,21-,22+,23-,24+,25+,26+,27+,28-,30+,35+,36-/m1/s1. The molecular formula is C36H53N5O6. The maximum absolute atomic E-state index is 13.0. The van der Waals surface area contributed by atoms with Crippen molar-refractivity contribution in [2.24, 2.45) is 52.3 Å². The van der Waals surface area contributed by atoms with Gasteiger partial charge in [-0.1, -0.05) is 27.4 Å². The number of hydrogen-bond acceptors (Lipinski definition) is 9. The average molecular weight is 652 g/mol. The Morgan fingerprint density at radius 2 is 1.85 bits per heavy atom. The topological polar surface area (TPSA) is 177 Å². The number of anilines is 1. The van der Waals surface area contributed by atoms with Gasteiger partial charge in [0.05, 0.1) is 30.7 Å². The Labute approximate surface area is 276 Å². The lowest BCUT2D eigenvalue weighted by atomic mass is 9.43. The Hall–Kier alpha value is -2.76. The molecule has 11 heteroatoms. The number of carbonyl (C=O) groups is 1. The summed E-state index contributed by atoms with van der Waals surface area (Å²) in [5.41, 5.74) is 6.91. The van der Waals surface area contributed by atoms with E-state index in [4.69, 9.17) is 10.5 Å². The van der Waals surface area contributed by atoms with Crippen molar-refractivity contribution in [3.8, 4) is 0 Å². The molecule has 47 heavy (non-hydrogen) atoms. The van der Waals surface area contributed by atoms with Gasteiger partial charge in [0.15, 0.2) is 11.2 Å². The van der Waals surface area contributed by atoms with Crippen molar-refractivity contribution in [2.45, 2.75) is 116 Å². The molecule has 7 rings (SSSR count). The predicted molar refractivity (Wildman–Crippen MR) is 177 cm³/mol. The summed E-state index contributed by atoms with van der Waals surface area (Å²) in [7, 11) is 0. The molecule has 0 saturated heterocycles. The average Bonchev–Trinajstić information content (AvgIpc) is 3.68. The van der Waals surface area contributed by atoms with Gasteiger partial charge in [-0.25, -0.2) is 4.98 Å². The number of nitrogens with two attached hydrogens (primary N) is 1. The number of aromatic nitrogens is 4. The second kappa shape index (κ2) is 12.0. The molecule has 2 heterocycles. The summed E-state index contributed by atoms with van der Waals surface area (Å²) in [6, 6.07) is -0.348. The van der Waals surface area contributed by atoms with E-state index in [1.54, 1.807) is 4.57 Å². The number of rotatable bonds is 7. The second-order valence-corrected chi connectivity index (χ2v) is 16.4. The maximum atomic E-state index is 13.0. The summed E-state index contributed by atoms with van der Waals surface area (Å²) in [6.07, 6.45) is 9.86. The highest BCUT2D eigenvalue weighted by Gasteiger charge is 2.62. The number of nitrogen functional groups attached to an aromatic ring is 1. The van der Waals surface area contributed by atoms with Crippen molar-refractivity contribution < 1.29 is 24.9 Å². The quantitative estimate of drug-likeness (QED) is 0.218. The second-order valence-electron chi connectivity index (χ2n) is 16.4. The Kier molecular flexibility index (Phi) is 8.35. The Morgan fingerprint density at radius 1 is 1.11 bits per heavy atom. The summed E-state index contributed by atoms with van der Waals surface area (Å²) in [5.74, 6) is 1.92. The molecule has 0 amide bonds. The van der Waals surface area contributed by atoms with E-state index in [1.165, 1.54) is 12.7 Å². The highest BCUT2D eigenvalue weighted by Crippen LogP contribution is 2.68. The van der Waals surface area contributed by atoms with E-state index in [9.17, 15) is 24.9 Å². The number of imidazole rings is 1. The van der Waals surface area contributed by atoms with Crippen molar-refractivity contribution >= 4 is 23.1 Å². The molecule has 5 aliphatic carbocycles. The van der Waals surface area contributed by atoms with Crippen LogP contribution in [0.3, 0.4) is 0 Å². The normalized spacial score (nSPS) is 42.1. The highest BCUT2D eigenvalue weighted by molar-refractivity contribution is 5.71. The van der Waals surface area contributed by atoms with Gasteiger partial charge in [-0.3, -0.25) is 14.6 Å². The fraction of sp³-hybridized carbons (Fsp3) is 0.778. The van der Waals surface area contributed by atoms with Crippen LogP contribution < -0.4 is 11.3 Å². The molecule has 0 unspecified atom stereocenters. The minimum atomic E-state index is -0.757. The SMILES string of the molecule is C=C1[C@H](COC(=O)CC[C@@H](C)[C@H]2CC[C@H]3[C@@H]4[C@H](O)C[C@@H]5C[C@H](O)CC[C@]5(C)[C@H]4CC[C@]23C)[C@@H](O)C[C@@H]1n1cnc2c(=O)[nH]c(N)nc21. The van der Waals surface area contributed by atoms with E-state index < -0.39 is 17.6 Å². The van der Waals surface area contributed by atoms with Crippen LogP contribution in [0.5, 0.6) is 0 Å². The lowest BCUT2D eigenvalue weighted by molar-refractivity contribution is -0.174. The lowest BCUT2D eigenvalue weighted by Gasteiger charge is -2.62. The maximum Gasteiger partial charge on any atom is 0.305 e. The lowest BCUT2D eigenvalue weighted by Crippen LogP contribution is -2.58. The molecule has 5 fully saturated rings. The number of aliphatic hydroxyl groups is 3. The van der Waals surface area contributed by atoms with Gasteiger partial charge in [-0.2, -0.15) is 4.98 Å².